The zero-order valence-corrected chi connectivity index (χ0v) is 10.4. The van der Waals surface area contributed by atoms with Crippen LogP contribution in [0.25, 0.3) is 0 Å². The predicted molar refractivity (Wildman–Crippen MR) is 29.1 cm³/mol. The van der Waals surface area contributed by atoms with Crippen LogP contribution in [0.15, 0.2) is 0 Å². The number of hydrogen-bond acceptors (Lipinski definition) is 5. The monoisotopic (exact) mass is 321 g/mol. The van der Waals surface area contributed by atoms with Gasteiger partial charge in [-0.25, -0.2) is 0 Å². The molecule has 0 saturated carbocycles. The van der Waals surface area contributed by atoms with E-state index in [1.54, 1.807) is 0 Å². The minimum absolute atomic E-state index is 0. The van der Waals surface area contributed by atoms with Gasteiger partial charge in [-0.05, 0) is 13.1 Å². The molecule has 0 heterocycles. The van der Waals surface area contributed by atoms with E-state index >= 15 is 0 Å². The molecular formula is C3H7CaCu2O7+. The van der Waals surface area contributed by atoms with Crippen LogP contribution in [0, 0.1) is 0 Å². The number of carbonyl (C=O) groups excluding carboxylic acids is 2. The van der Waals surface area contributed by atoms with E-state index in [1.807, 2.05) is 0 Å². The van der Waals surface area contributed by atoms with Crippen LogP contribution in [0.1, 0.15) is 6.92 Å². The number of carboxylic acid groups (broad SMARTS) is 3. The summed E-state index contributed by atoms with van der Waals surface area (Å²) in [6, 6.07) is 0. The first-order chi connectivity index (χ1) is 3.46. The molecule has 2 radical (unpaired) electrons. The normalized spacial score (nSPS) is 3.77. The summed E-state index contributed by atoms with van der Waals surface area (Å²) in [6.45, 7) is 0.972. The summed E-state index contributed by atoms with van der Waals surface area (Å²) in [5.74, 6) is -1.08. The van der Waals surface area contributed by atoms with Crippen LogP contribution >= 0.6 is 0 Å². The Hall–Kier alpha value is 0.959. The number of hydrogen-bond donors (Lipinski definition) is 0. The first-order valence-electron chi connectivity index (χ1n) is 1.52. The molecule has 4 N–H and O–H groups in total. The molecule has 0 atom stereocenters. The summed E-state index contributed by atoms with van der Waals surface area (Å²) in [5.41, 5.74) is 0. The Morgan fingerprint density at radius 1 is 1.00 bits per heavy atom. The van der Waals surface area contributed by atoms with E-state index in [1.165, 1.54) is 0 Å². The van der Waals surface area contributed by atoms with Crippen molar-refractivity contribution in [1.82, 2.24) is 0 Å². The summed E-state index contributed by atoms with van der Waals surface area (Å²) < 4.78 is 0. The van der Waals surface area contributed by atoms with Crippen LogP contribution in [0.3, 0.4) is 0 Å². The summed E-state index contributed by atoms with van der Waals surface area (Å²) >= 11 is 0. The molecule has 0 aliphatic carbocycles. The summed E-state index contributed by atoms with van der Waals surface area (Å²) in [6.07, 6.45) is -2.33. The first kappa shape index (κ1) is 48.4. The van der Waals surface area contributed by atoms with E-state index in [9.17, 15) is 0 Å². The Labute approximate surface area is 125 Å². The maximum Gasteiger partial charge on any atom is 2.00 e. The average Bonchev–Trinajstić information content (AvgIpc) is 1.25. The van der Waals surface area contributed by atoms with Gasteiger partial charge in [0, 0.05) is 23.0 Å². The second-order valence-corrected chi connectivity index (χ2v) is 0.742. The molecule has 0 aliphatic rings. The molecule has 0 aromatic heterocycles. The third kappa shape index (κ3) is 1690. The number of carbonyl (C=O) groups is 2. The standard InChI is InChI=1S/C2H4O2.CH2O3.Ca.2Cu.2H2O/c1-2(3)4;2-1(3)4;;;;;/h1H3,(H,3,4);(H2,2,3,4);;;;2*1H2/q;;+2;;+2;;/p-3. The molecular weight excluding hydrogens is 315 g/mol. The molecule has 7 nitrogen and oxygen atoms in total. The van der Waals surface area contributed by atoms with Gasteiger partial charge in [0.15, 0.2) is 0 Å². The SMILES string of the molecule is CC(=O)[O-].O.O.O=C([O-])[O-].[Ca+2].[Cu+2].[Cu]. The molecule has 0 aromatic carbocycles. The van der Waals surface area contributed by atoms with Gasteiger partial charge in [-0.15, -0.1) is 0 Å². The van der Waals surface area contributed by atoms with Crippen molar-refractivity contribution in [2.75, 3.05) is 0 Å². The zero-order chi connectivity index (χ0) is 7.15. The molecule has 0 amide bonds. The molecule has 0 unspecified atom stereocenters. The van der Waals surface area contributed by atoms with Crippen molar-refractivity contribution in [2.24, 2.45) is 0 Å². The molecule has 10 heteroatoms. The van der Waals surface area contributed by atoms with Gasteiger partial charge in [-0.2, -0.15) is 0 Å². The van der Waals surface area contributed by atoms with Gasteiger partial charge >= 0.3 is 54.8 Å². The minimum atomic E-state index is -2.33. The molecule has 0 aromatic rings. The van der Waals surface area contributed by atoms with Gasteiger partial charge in [-0.3, -0.25) is 0 Å². The van der Waals surface area contributed by atoms with Crippen molar-refractivity contribution in [1.29, 1.82) is 0 Å². The molecule has 84 valence electrons. The topological polar surface area (TPSA) is 166 Å². The number of aliphatic carboxylic acids is 1. The number of rotatable bonds is 0. The fraction of sp³-hybridized carbons (Fsp3) is 0.333. The van der Waals surface area contributed by atoms with E-state index in [4.69, 9.17) is 24.9 Å². The van der Waals surface area contributed by atoms with Crippen LogP contribution in [0.2, 0.25) is 0 Å². The summed E-state index contributed by atoms with van der Waals surface area (Å²) in [5, 5.41) is 25.6. The van der Waals surface area contributed by atoms with Crippen LogP contribution in [-0.2, 0) is 38.9 Å². The maximum absolute atomic E-state index is 8.89. The zero-order valence-electron chi connectivity index (χ0n) is 6.35. The predicted octanol–water partition coefficient (Wildman–Crippen LogP) is -5.73. The van der Waals surface area contributed by atoms with E-state index < -0.39 is 12.1 Å². The van der Waals surface area contributed by atoms with Gasteiger partial charge < -0.3 is 35.9 Å². The second-order valence-electron chi connectivity index (χ2n) is 0.742. The van der Waals surface area contributed by atoms with E-state index in [-0.39, 0.29) is 82.8 Å². The van der Waals surface area contributed by atoms with E-state index in [2.05, 4.69) is 0 Å². The summed E-state index contributed by atoms with van der Waals surface area (Å²) in [7, 11) is 0. The third-order valence-corrected chi connectivity index (χ3v) is 0. The quantitative estimate of drug-likeness (QED) is 0.404. The van der Waals surface area contributed by atoms with Gasteiger partial charge in [0.05, 0.1) is 0 Å². The molecule has 0 bridgehead atoms. The van der Waals surface area contributed by atoms with Gasteiger partial charge in [-0.1, -0.05) is 0 Å². The molecule has 0 spiro atoms. The van der Waals surface area contributed by atoms with Crippen molar-refractivity contribution >= 4 is 49.9 Å². The van der Waals surface area contributed by atoms with Crippen LogP contribution in [-0.4, -0.2) is 60.8 Å². The molecule has 0 saturated heterocycles. The second kappa shape index (κ2) is 38.3. The fourth-order valence-corrected chi connectivity index (χ4v) is 0. The van der Waals surface area contributed by atoms with Crippen molar-refractivity contribution in [3.63, 3.8) is 0 Å². The van der Waals surface area contributed by atoms with Gasteiger partial charge in [0.2, 0.25) is 0 Å². The third-order valence-electron chi connectivity index (χ3n) is 0. The minimum Gasteiger partial charge on any atom is -0.652 e. The largest absolute Gasteiger partial charge is 2.00 e. The average molecular weight is 322 g/mol. The van der Waals surface area contributed by atoms with Gasteiger partial charge in [0.25, 0.3) is 0 Å². The van der Waals surface area contributed by atoms with Crippen molar-refractivity contribution in [3.05, 3.63) is 0 Å². The molecule has 13 heavy (non-hydrogen) atoms. The Morgan fingerprint density at radius 2 is 1.00 bits per heavy atom. The Morgan fingerprint density at radius 3 is 1.00 bits per heavy atom. The van der Waals surface area contributed by atoms with Crippen LogP contribution < -0.4 is 15.3 Å². The summed E-state index contributed by atoms with van der Waals surface area (Å²) in [4.78, 5) is 17.2. The molecule has 0 fully saturated rings. The van der Waals surface area contributed by atoms with Crippen LogP contribution in [0.5, 0.6) is 0 Å². The van der Waals surface area contributed by atoms with E-state index in [0.717, 1.165) is 6.92 Å². The number of carboxylic acids is 1. The van der Waals surface area contributed by atoms with Crippen molar-refractivity contribution in [2.45, 2.75) is 6.92 Å². The fourth-order valence-electron chi connectivity index (χ4n) is 0. The van der Waals surface area contributed by atoms with Crippen LogP contribution in [0.4, 0.5) is 4.79 Å². The van der Waals surface area contributed by atoms with Crippen molar-refractivity contribution < 1.29 is 70.0 Å². The van der Waals surface area contributed by atoms with Crippen molar-refractivity contribution in [3.8, 4) is 0 Å². The molecule has 0 rings (SSSR count). The Bertz CT molecular complexity index is 79.7. The molecule has 0 aliphatic heterocycles. The first-order valence-corrected chi connectivity index (χ1v) is 1.52. The maximum atomic E-state index is 8.89. The van der Waals surface area contributed by atoms with E-state index in [0.29, 0.717) is 0 Å². The Balaban J connectivity index is -0.00000000800. The smallest absolute Gasteiger partial charge is 0.652 e. The Kier molecular flexibility index (Phi) is 143. The van der Waals surface area contributed by atoms with Gasteiger partial charge in [0.1, 0.15) is 0 Å².